The Balaban J connectivity index is 1.34. The molecule has 196 valence electrons. The molecule has 1 atom stereocenters. The minimum absolute atomic E-state index is 0.314. The third-order valence-electron chi connectivity index (χ3n) is 9.55. The Bertz CT molecular complexity index is 697. The smallest absolute Gasteiger partial charge is 0.0658 e. The highest BCUT2D eigenvalue weighted by Gasteiger charge is 2.31. The highest BCUT2D eigenvalue weighted by molar-refractivity contribution is 5.26. The number of nitriles is 1. The van der Waals surface area contributed by atoms with Crippen LogP contribution < -0.4 is 0 Å². The van der Waals surface area contributed by atoms with E-state index in [-0.39, 0.29) is 0 Å². The van der Waals surface area contributed by atoms with E-state index in [4.69, 9.17) is 0 Å². The van der Waals surface area contributed by atoms with Crippen LogP contribution in [-0.4, -0.2) is 0 Å². The van der Waals surface area contributed by atoms with Crippen LogP contribution in [0.5, 0.6) is 0 Å². The summed E-state index contributed by atoms with van der Waals surface area (Å²) < 4.78 is 0. The molecule has 35 heavy (non-hydrogen) atoms. The van der Waals surface area contributed by atoms with E-state index in [1.54, 1.807) is 5.56 Å². The van der Waals surface area contributed by atoms with Crippen molar-refractivity contribution in [2.45, 2.75) is 148 Å². The molecule has 1 heteroatoms. The second kappa shape index (κ2) is 16.5. The van der Waals surface area contributed by atoms with Crippen LogP contribution in [0.1, 0.15) is 153 Å². The lowest BCUT2D eigenvalue weighted by atomic mass is 9.70. The van der Waals surface area contributed by atoms with Gasteiger partial charge in [-0.3, -0.25) is 0 Å². The SMILES string of the molecule is CCCCCCCCc1ccc(C2CCC(CC(C#N)C3CCC(CCCCC)CC3)CC2)cc1. The molecular formula is C34H55N. The highest BCUT2D eigenvalue weighted by Crippen LogP contribution is 2.42. The molecular weight excluding hydrogens is 422 g/mol. The zero-order valence-electron chi connectivity index (χ0n) is 23.3. The zero-order valence-corrected chi connectivity index (χ0v) is 23.3. The predicted molar refractivity (Wildman–Crippen MR) is 152 cm³/mol. The molecule has 1 nitrogen and oxygen atoms in total. The van der Waals surface area contributed by atoms with E-state index in [1.165, 1.54) is 134 Å². The summed E-state index contributed by atoms with van der Waals surface area (Å²) in [5.74, 6) is 3.47. The van der Waals surface area contributed by atoms with E-state index in [9.17, 15) is 5.26 Å². The van der Waals surface area contributed by atoms with Gasteiger partial charge in [0.25, 0.3) is 0 Å². The molecule has 3 rings (SSSR count). The zero-order chi connectivity index (χ0) is 24.7. The van der Waals surface area contributed by atoms with Crippen LogP contribution in [0.4, 0.5) is 0 Å². The van der Waals surface area contributed by atoms with Gasteiger partial charge in [0.1, 0.15) is 0 Å². The second-order valence-electron chi connectivity index (χ2n) is 12.2. The molecule has 1 unspecified atom stereocenters. The standard InChI is InChI=1S/C34H55N/c1-3-5-7-8-9-11-13-29-14-20-31(21-15-29)32-24-18-30(19-25-32)26-34(27-35)33-22-16-28(17-23-33)12-10-6-4-2/h14-15,20-21,28,30,32-34H,3-13,16-19,22-26H2,1-2H3. The second-order valence-corrected chi connectivity index (χ2v) is 12.2. The van der Waals surface area contributed by atoms with Crippen molar-refractivity contribution in [1.29, 1.82) is 5.26 Å². The van der Waals surface area contributed by atoms with Gasteiger partial charge in [-0.2, -0.15) is 5.26 Å². The molecule has 0 aliphatic heterocycles. The fourth-order valence-electron chi connectivity index (χ4n) is 7.07. The van der Waals surface area contributed by atoms with Gasteiger partial charge in [-0.25, -0.2) is 0 Å². The van der Waals surface area contributed by atoms with E-state index >= 15 is 0 Å². The summed E-state index contributed by atoms with van der Waals surface area (Å²) in [6.45, 7) is 4.59. The maximum Gasteiger partial charge on any atom is 0.0658 e. The summed E-state index contributed by atoms with van der Waals surface area (Å²) >= 11 is 0. The first kappa shape index (κ1) is 28.3. The molecule has 0 saturated heterocycles. The van der Waals surface area contributed by atoms with Crippen LogP contribution in [0.2, 0.25) is 0 Å². The van der Waals surface area contributed by atoms with Gasteiger partial charge in [-0.1, -0.05) is 109 Å². The highest BCUT2D eigenvalue weighted by atomic mass is 14.4. The molecule has 2 saturated carbocycles. The number of unbranched alkanes of at least 4 members (excludes halogenated alkanes) is 7. The number of benzene rings is 1. The molecule has 0 radical (unpaired) electrons. The van der Waals surface area contributed by atoms with E-state index in [0.717, 1.165) is 17.8 Å². The average molecular weight is 478 g/mol. The Labute approximate surface area is 218 Å². The largest absolute Gasteiger partial charge is 0.198 e. The van der Waals surface area contributed by atoms with Gasteiger partial charge >= 0.3 is 0 Å². The van der Waals surface area contributed by atoms with Crippen molar-refractivity contribution in [1.82, 2.24) is 0 Å². The molecule has 0 heterocycles. The Morgan fingerprint density at radius 1 is 0.714 bits per heavy atom. The van der Waals surface area contributed by atoms with Crippen molar-refractivity contribution in [3.63, 3.8) is 0 Å². The third kappa shape index (κ3) is 9.94. The maximum atomic E-state index is 9.97. The first-order chi connectivity index (χ1) is 17.2. The number of nitrogens with zero attached hydrogens (tertiary/aromatic N) is 1. The minimum Gasteiger partial charge on any atom is -0.198 e. The molecule has 0 N–H and O–H groups in total. The first-order valence-electron chi connectivity index (χ1n) is 15.7. The van der Waals surface area contributed by atoms with E-state index in [2.05, 4.69) is 44.2 Å². The fourth-order valence-corrected chi connectivity index (χ4v) is 7.07. The van der Waals surface area contributed by atoms with Crippen LogP contribution in [0.25, 0.3) is 0 Å². The maximum absolute atomic E-state index is 9.97. The Morgan fingerprint density at radius 2 is 1.31 bits per heavy atom. The Morgan fingerprint density at radius 3 is 1.97 bits per heavy atom. The molecule has 0 amide bonds. The quantitative estimate of drug-likeness (QED) is 0.230. The van der Waals surface area contributed by atoms with Gasteiger partial charge < -0.3 is 0 Å². The summed E-state index contributed by atoms with van der Waals surface area (Å²) in [5.41, 5.74) is 3.09. The number of hydrogen-bond donors (Lipinski definition) is 0. The van der Waals surface area contributed by atoms with E-state index in [0.29, 0.717) is 11.8 Å². The van der Waals surface area contributed by atoms with Gasteiger partial charge in [-0.15, -0.1) is 0 Å². The summed E-state index contributed by atoms with van der Waals surface area (Å²) in [6.07, 6.45) is 27.0. The first-order valence-corrected chi connectivity index (χ1v) is 15.7. The molecule has 1 aromatic carbocycles. The van der Waals surface area contributed by atoms with Crippen molar-refractivity contribution in [3.05, 3.63) is 35.4 Å². The summed E-state index contributed by atoms with van der Waals surface area (Å²) in [7, 11) is 0. The third-order valence-corrected chi connectivity index (χ3v) is 9.55. The Hall–Kier alpha value is -1.29. The normalized spacial score (nSPS) is 25.7. The molecule has 2 aliphatic rings. The van der Waals surface area contributed by atoms with Crippen LogP contribution in [0.15, 0.2) is 24.3 Å². The number of hydrogen-bond acceptors (Lipinski definition) is 1. The van der Waals surface area contributed by atoms with Crippen molar-refractivity contribution in [2.24, 2.45) is 23.7 Å². The van der Waals surface area contributed by atoms with Gasteiger partial charge in [0, 0.05) is 5.92 Å². The van der Waals surface area contributed by atoms with Crippen LogP contribution in [0.3, 0.4) is 0 Å². The van der Waals surface area contributed by atoms with Gasteiger partial charge in [0.2, 0.25) is 0 Å². The lowest BCUT2D eigenvalue weighted by molar-refractivity contribution is 0.187. The topological polar surface area (TPSA) is 23.8 Å². The van der Waals surface area contributed by atoms with Gasteiger partial charge in [0.15, 0.2) is 0 Å². The lowest BCUT2D eigenvalue weighted by Crippen LogP contribution is -2.24. The molecule has 2 fully saturated rings. The van der Waals surface area contributed by atoms with Gasteiger partial charge in [-0.05, 0) is 92.6 Å². The van der Waals surface area contributed by atoms with E-state index < -0.39 is 0 Å². The van der Waals surface area contributed by atoms with E-state index in [1.807, 2.05) is 0 Å². The predicted octanol–water partition coefficient (Wildman–Crippen LogP) is 10.8. The molecule has 2 aliphatic carbocycles. The van der Waals surface area contributed by atoms with Gasteiger partial charge in [0.05, 0.1) is 6.07 Å². The van der Waals surface area contributed by atoms with Crippen molar-refractivity contribution >= 4 is 0 Å². The average Bonchev–Trinajstić information content (AvgIpc) is 2.91. The van der Waals surface area contributed by atoms with Crippen LogP contribution >= 0.6 is 0 Å². The van der Waals surface area contributed by atoms with Crippen LogP contribution in [-0.2, 0) is 6.42 Å². The van der Waals surface area contributed by atoms with Crippen molar-refractivity contribution < 1.29 is 0 Å². The summed E-state index contributed by atoms with van der Waals surface area (Å²) in [5, 5.41) is 9.97. The lowest BCUT2D eigenvalue weighted by Gasteiger charge is -2.34. The number of aryl methyl sites for hydroxylation is 1. The monoisotopic (exact) mass is 477 g/mol. The Kier molecular flexibility index (Phi) is 13.3. The summed E-state index contributed by atoms with van der Waals surface area (Å²) in [4.78, 5) is 0. The molecule has 0 spiro atoms. The number of rotatable bonds is 15. The van der Waals surface area contributed by atoms with Crippen molar-refractivity contribution in [3.8, 4) is 6.07 Å². The molecule has 1 aromatic rings. The van der Waals surface area contributed by atoms with Crippen molar-refractivity contribution in [2.75, 3.05) is 0 Å². The molecule has 0 aromatic heterocycles. The molecule has 0 bridgehead atoms. The minimum atomic E-state index is 0.314. The fraction of sp³-hybridized carbons (Fsp3) is 0.794. The van der Waals surface area contributed by atoms with Crippen LogP contribution in [0, 0.1) is 35.0 Å². The summed E-state index contributed by atoms with van der Waals surface area (Å²) in [6, 6.07) is 12.4.